The van der Waals surface area contributed by atoms with Crippen LogP contribution in [0.1, 0.15) is 32.3 Å². The zero-order valence-corrected chi connectivity index (χ0v) is 14.5. The number of carbonyl (C=O) groups is 1. The van der Waals surface area contributed by atoms with E-state index in [-0.39, 0.29) is 36.3 Å². The summed E-state index contributed by atoms with van der Waals surface area (Å²) in [6.07, 6.45) is 1.31. The highest BCUT2D eigenvalue weighted by Gasteiger charge is 2.32. The van der Waals surface area contributed by atoms with E-state index in [9.17, 15) is 13.2 Å². The van der Waals surface area contributed by atoms with E-state index in [0.717, 1.165) is 0 Å². The van der Waals surface area contributed by atoms with E-state index in [1.54, 1.807) is 12.1 Å². The van der Waals surface area contributed by atoms with Gasteiger partial charge in [0, 0.05) is 13.1 Å². The van der Waals surface area contributed by atoms with Crippen molar-refractivity contribution in [2.24, 2.45) is 16.3 Å². The van der Waals surface area contributed by atoms with Crippen molar-refractivity contribution in [1.82, 2.24) is 5.32 Å². The predicted octanol–water partition coefficient (Wildman–Crippen LogP) is 1.14. The zero-order chi connectivity index (χ0) is 16.1. The first kappa shape index (κ1) is 20.9. The van der Waals surface area contributed by atoms with Crippen LogP contribution in [0.15, 0.2) is 29.2 Å². The summed E-state index contributed by atoms with van der Waals surface area (Å²) in [7, 11) is -3.74. The van der Waals surface area contributed by atoms with Gasteiger partial charge in [0.25, 0.3) is 0 Å². The fraction of sp³-hybridized carbons (Fsp3) is 0.500. The van der Waals surface area contributed by atoms with E-state index < -0.39 is 15.4 Å². The second-order valence-corrected chi connectivity index (χ2v) is 6.63. The van der Waals surface area contributed by atoms with Crippen LogP contribution in [0.5, 0.6) is 0 Å². The molecular weight excluding hydrogens is 326 g/mol. The Labute approximate surface area is 138 Å². The summed E-state index contributed by atoms with van der Waals surface area (Å²) in [6, 6.07) is 6.20. The van der Waals surface area contributed by atoms with Gasteiger partial charge in [-0.1, -0.05) is 26.0 Å². The zero-order valence-electron chi connectivity index (χ0n) is 12.8. The Morgan fingerprint density at radius 2 is 1.86 bits per heavy atom. The number of hydrogen-bond acceptors (Lipinski definition) is 4. The molecule has 0 atom stereocenters. The molecule has 0 spiro atoms. The van der Waals surface area contributed by atoms with Gasteiger partial charge in [-0.25, -0.2) is 13.6 Å². The molecule has 126 valence electrons. The fourth-order valence-electron chi connectivity index (χ4n) is 2.15. The third-order valence-corrected chi connectivity index (χ3v) is 4.82. The molecule has 0 radical (unpaired) electrons. The number of halogens is 1. The molecule has 0 saturated heterocycles. The third kappa shape index (κ3) is 4.95. The summed E-state index contributed by atoms with van der Waals surface area (Å²) in [5.74, 6) is -0.115. The van der Waals surface area contributed by atoms with Crippen molar-refractivity contribution in [3.8, 4) is 0 Å². The molecule has 1 aromatic carbocycles. The van der Waals surface area contributed by atoms with E-state index >= 15 is 0 Å². The van der Waals surface area contributed by atoms with Crippen molar-refractivity contribution in [2.45, 2.75) is 38.1 Å². The molecule has 0 saturated carbocycles. The summed E-state index contributed by atoms with van der Waals surface area (Å²) in [6.45, 7) is 4.38. The van der Waals surface area contributed by atoms with Crippen molar-refractivity contribution < 1.29 is 13.2 Å². The molecule has 0 heterocycles. The van der Waals surface area contributed by atoms with Gasteiger partial charge < -0.3 is 11.1 Å². The lowest BCUT2D eigenvalue weighted by Crippen LogP contribution is -2.45. The van der Waals surface area contributed by atoms with E-state index in [2.05, 4.69) is 5.32 Å². The van der Waals surface area contributed by atoms with Crippen molar-refractivity contribution in [1.29, 1.82) is 0 Å². The number of rotatable bonds is 7. The molecule has 0 fully saturated rings. The fourth-order valence-corrected chi connectivity index (χ4v) is 2.74. The van der Waals surface area contributed by atoms with Crippen molar-refractivity contribution in [3.63, 3.8) is 0 Å². The third-order valence-electron chi connectivity index (χ3n) is 3.91. The maximum Gasteiger partial charge on any atom is 0.238 e. The maximum absolute atomic E-state index is 12.3. The summed E-state index contributed by atoms with van der Waals surface area (Å²) >= 11 is 0. The molecule has 1 rings (SSSR count). The number of amides is 1. The minimum Gasteiger partial charge on any atom is -0.352 e. The second kappa shape index (κ2) is 8.47. The van der Waals surface area contributed by atoms with Crippen LogP contribution in [-0.4, -0.2) is 20.9 Å². The molecule has 0 aromatic heterocycles. The summed E-state index contributed by atoms with van der Waals surface area (Å²) in [4.78, 5) is 12.3. The minimum absolute atomic E-state index is 0. The molecule has 6 nitrogen and oxygen atoms in total. The van der Waals surface area contributed by atoms with Gasteiger partial charge in [-0.2, -0.15) is 0 Å². The summed E-state index contributed by atoms with van der Waals surface area (Å²) in [5.41, 5.74) is 5.83. The first-order chi connectivity index (χ1) is 9.79. The molecule has 0 unspecified atom stereocenters. The Bertz CT molecular complexity index is 593. The lowest BCUT2D eigenvalue weighted by atomic mass is 9.81. The molecule has 0 aliphatic heterocycles. The molecule has 22 heavy (non-hydrogen) atoms. The van der Waals surface area contributed by atoms with Gasteiger partial charge in [0.15, 0.2) is 0 Å². The molecular formula is C14H24ClN3O3S. The van der Waals surface area contributed by atoms with Crippen molar-refractivity contribution in [2.75, 3.05) is 6.54 Å². The number of nitrogens with two attached hydrogens (primary N) is 2. The van der Waals surface area contributed by atoms with Gasteiger partial charge >= 0.3 is 0 Å². The smallest absolute Gasteiger partial charge is 0.238 e. The van der Waals surface area contributed by atoms with Gasteiger partial charge in [0.05, 0.1) is 10.3 Å². The monoisotopic (exact) mass is 349 g/mol. The van der Waals surface area contributed by atoms with E-state index in [1.165, 1.54) is 12.1 Å². The number of benzene rings is 1. The Morgan fingerprint density at radius 3 is 2.32 bits per heavy atom. The van der Waals surface area contributed by atoms with Crippen LogP contribution in [0.4, 0.5) is 0 Å². The van der Waals surface area contributed by atoms with Crippen LogP contribution in [0.25, 0.3) is 0 Å². The van der Waals surface area contributed by atoms with Crippen LogP contribution in [0.2, 0.25) is 0 Å². The lowest BCUT2D eigenvalue weighted by Gasteiger charge is -2.28. The first-order valence-electron chi connectivity index (χ1n) is 6.89. The van der Waals surface area contributed by atoms with E-state index in [4.69, 9.17) is 10.9 Å². The average Bonchev–Trinajstić information content (AvgIpc) is 2.47. The highest BCUT2D eigenvalue weighted by atomic mass is 35.5. The summed E-state index contributed by atoms with van der Waals surface area (Å²) in [5, 5.41) is 7.90. The van der Waals surface area contributed by atoms with Gasteiger partial charge in [-0.05, 0) is 30.5 Å². The SMILES string of the molecule is CCC(CC)(CN)C(=O)NCc1cccc(S(N)(=O)=O)c1.Cl. The Balaban J connectivity index is 0.00000441. The molecule has 0 aliphatic carbocycles. The quantitative estimate of drug-likeness (QED) is 0.684. The van der Waals surface area contributed by atoms with Crippen molar-refractivity contribution in [3.05, 3.63) is 29.8 Å². The molecule has 1 amide bonds. The average molecular weight is 350 g/mol. The van der Waals surface area contributed by atoms with E-state index in [0.29, 0.717) is 18.4 Å². The predicted molar refractivity (Wildman–Crippen MR) is 89.0 cm³/mol. The highest BCUT2D eigenvalue weighted by Crippen LogP contribution is 2.25. The van der Waals surface area contributed by atoms with Gasteiger partial charge in [-0.15, -0.1) is 12.4 Å². The Kier molecular flexibility index (Phi) is 8.03. The molecule has 8 heteroatoms. The standard InChI is InChI=1S/C14H23N3O3S.ClH/c1-3-14(4-2,10-15)13(18)17-9-11-6-5-7-12(8-11)21(16,19)20;/h5-8H,3-4,9-10,15H2,1-2H3,(H,17,18)(H2,16,19,20);1H. The summed E-state index contributed by atoms with van der Waals surface area (Å²) < 4.78 is 22.6. The van der Waals surface area contributed by atoms with E-state index in [1.807, 2.05) is 13.8 Å². The van der Waals surface area contributed by atoms with Gasteiger partial charge in [0.2, 0.25) is 15.9 Å². The minimum atomic E-state index is -3.74. The molecule has 0 bridgehead atoms. The van der Waals surface area contributed by atoms with Crippen molar-refractivity contribution >= 4 is 28.3 Å². The normalized spacial score (nSPS) is 11.6. The van der Waals surface area contributed by atoms with Crippen LogP contribution in [-0.2, 0) is 21.4 Å². The first-order valence-corrected chi connectivity index (χ1v) is 8.44. The maximum atomic E-state index is 12.3. The number of primary sulfonamides is 1. The number of hydrogen-bond donors (Lipinski definition) is 3. The number of nitrogens with one attached hydrogen (secondary N) is 1. The number of carbonyl (C=O) groups excluding carboxylic acids is 1. The van der Waals surface area contributed by atoms with Gasteiger partial charge in [0.1, 0.15) is 0 Å². The van der Waals surface area contributed by atoms with Gasteiger partial charge in [-0.3, -0.25) is 4.79 Å². The topological polar surface area (TPSA) is 115 Å². The molecule has 5 N–H and O–H groups in total. The van der Waals surface area contributed by atoms with Crippen LogP contribution < -0.4 is 16.2 Å². The number of sulfonamides is 1. The van der Waals surface area contributed by atoms with Crippen LogP contribution in [0, 0.1) is 5.41 Å². The Hall–Kier alpha value is -1.15. The van der Waals surface area contributed by atoms with Crippen LogP contribution >= 0.6 is 12.4 Å². The Morgan fingerprint density at radius 1 is 1.27 bits per heavy atom. The highest BCUT2D eigenvalue weighted by molar-refractivity contribution is 7.89. The molecule has 1 aromatic rings. The largest absolute Gasteiger partial charge is 0.352 e. The van der Waals surface area contributed by atoms with Crippen LogP contribution in [0.3, 0.4) is 0 Å². The lowest BCUT2D eigenvalue weighted by molar-refractivity contribution is -0.131. The second-order valence-electron chi connectivity index (χ2n) is 5.07. The molecule has 0 aliphatic rings.